The van der Waals surface area contributed by atoms with Gasteiger partial charge in [-0.3, -0.25) is 9.59 Å². The third kappa shape index (κ3) is 5.48. The normalized spacial score (nSPS) is 11.4. The van der Waals surface area contributed by atoms with Gasteiger partial charge in [-0.2, -0.15) is 5.26 Å². The van der Waals surface area contributed by atoms with Crippen molar-refractivity contribution in [3.8, 4) is 6.07 Å². The number of carbonyl (C=O) groups is 2. The second-order valence-electron chi connectivity index (χ2n) is 4.38. The van der Waals surface area contributed by atoms with Crippen molar-refractivity contribution < 1.29 is 14.0 Å². The van der Waals surface area contributed by atoms with Gasteiger partial charge >= 0.3 is 0 Å². The molecule has 0 spiro atoms. The molecule has 20 heavy (non-hydrogen) atoms. The first kappa shape index (κ1) is 15.6. The fourth-order valence-electron chi connectivity index (χ4n) is 1.70. The Labute approximate surface area is 116 Å². The minimum absolute atomic E-state index is 0.0440. The average molecular weight is 277 g/mol. The number of nitrogens with two attached hydrogens (primary N) is 1. The smallest absolute Gasteiger partial charge is 0.240 e. The number of nitrogens with zero attached hydrogens (tertiary/aromatic N) is 1. The van der Waals surface area contributed by atoms with E-state index in [1.54, 1.807) is 0 Å². The van der Waals surface area contributed by atoms with Gasteiger partial charge < -0.3 is 11.1 Å². The molecule has 2 amide bonds. The van der Waals surface area contributed by atoms with Gasteiger partial charge in [-0.25, -0.2) is 4.39 Å². The minimum atomic E-state index is -0.781. The van der Waals surface area contributed by atoms with Crippen molar-refractivity contribution >= 4 is 11.8 Å². The van der Waals surface area contributed by atoms with Crippen molar-refractivity contribution in [1.29, 1.82) is 5.26 Å². The summed E-state index contributed by atoms with van der Waals surface area (Å²) < 4.78 is 12.7. The molecule has 0 saturated carbocycles. The Bertz CT molecular complexity index is 508. The predicted octanol–water partition coefficient (Wildman–Crippen LogP) is 1.03. The molecule has 0 aliphatic heterocycles. The van der Waals surface area contributed by atoms with Gasteiger partial charge in [-0.15, -0.1) is 0 Å². The summed E-state index contributed by atoms with van der Waals surface area (Å²) in [5.41, 5.74) is 5.84. The first-order valence-electron chi connectivity index (χ1n) is 6.23. The van der Waals surface area contributed by atoms with Crippen molar-refractivity contribution in [3.63, 3.8) is 0 Å². The van der Waals surface area contributed by atoms with Crippen LogP contribution < -0.4 is 11.1 Å². The summed E-state index contributed by atoms with van der Waals surface area (Å²) in [6.45, 7) is 0. The number of carbonyl (C=O) groups excluding carboxylic acids is 2. The van der Waals surface area contributed by atoms with Crippen LogP contribution in [0.3, 0.4) is 0 Å². The van der Waals surface area contributed by atoms with Crippen molar-refractivity contribution in [2.75, 3.05) is 0 Å². The zero-order chi connectivity index (χ0) is 15.0. The van der Waals surface area contributed by atoms with Crippen molar-refractivity contribution in [2.24, 2.45) is 5.73 Å². The summed E-state index contributed by atoms with van der Waals surface area (Å²) >= 11 is 0. The fraction of sp³-hybridized carbons (Fsp3) is 0.357. The molecular formula is C14H16FN3O2. The molecule has 0 unspecified atom stereocenters. The molecule has 1 aromatic rings. The molecule has 1 aromatic carbocycles. The van der Waals surface area contributed by atoms with Crippen molar-refractivity contribution in [3.05, 3.63) is 35.6 Å². The highest BCUT2D eigenvalue weighted by Crippen LogP contribution is 2.05. The number of halogens is 1. The van der Waals surface area contributed by atoms with Crippen LogP contribution in [0.2, 0.25) is 0 Å². The lowest BCUT2D eigenvalue weighted by atomic mass is 10.1. The lowest BCUT2D eigenvalue weighted by molar-refractivity contribution is -0.127. The number of amides is 2. The largest absolute Gasteiger partial charge is 0.368 e. The third-order valence-corrected chi connectivity index (χ3v) is 2.74. The quantitative estimate of drug-likeness (QED) is 0.728. The lowest BCUT2D eigenvalue weighted by Crippen LogP contribution is -2.44. The molecule has 0 aliphatic rings. The second-order valence-corrected chi connectivity index (χ2v) is 4.38. The van der Waals surface area contributed by atoms with E-state index in [1.807, 2.05) is 6.07 Å². The number of hydrogen-bond acceptors (Lipinski definition) is 3. The van der Waals surface area contributed by atoms with E-state index >= 15 is 0 Å². The minimum Gasteiger partial charge on any atom is -0.368 e. The van der Waals surface area contributed by atoms with Gasteiger partial charge in [0.2, 0.25) is 11.8 Å². The van der Waals surface area contributed by atoms with Crippen LogP contribution in [0.15, 0.2) is 24.3 Å². The second kappa shape index (κ2) is 7.89. The monoisotopic (exact) mass is 277 g/mol. The molecule has 106 valence electrons. The SMILES string of the molecule is N#CCCC[C@H](NC(=O)Cc1ccc(F)cc1)C(N)=O. The maximum absolute atomic E-state index is 12.7. The molecule has 6 heteroatoms. The molecule has 1 rings (SSSR count). The highest BCUT2D eigenvalue weighted by Gasteiger charge is 2.17. The van der Waals surface area contributed by atoms with Gasteiger partial charge in [-0.1, -0.05) is 12.1 Å². The number of nitriles is 1. The van der Waals surface area contributed by atoms with Crippen LogP contribution in [-0.4, -0.2) is 17.9 Å². The van der Waals surface area contributed by atoms with Crippen molar-refractivity contribution in [1.82, 2.24) is 5.32 Å². The zero-order valence-corrected chi connectivity index (χ0v) is 10.9. The molecule has 0 fully saturated rings. The van der Waals surface area contributed by atoms with Gasteiger partial charge in [0.15, 0.2) is 0 Å². The van der Waals surface area contributed by atoms with Gasteiger partial charge in [-0.05, 0) is 30.5 Å². The molecule has 0 aromatic heterocycles. The van der Waals surface area contributed by atoms with Crippen LogP contribution in [-0.2, 0) is 16.0 Å². The number of primary amides is 1. The van der Waals surface area contributed by atoms with Crippen molar-refractivity contribution in [2.45, 2.75) is 31.7 Å². The van der Waals surface area contributed by atoms with E-state index < -0.39 is 11.9 Å². The molecular weight excluding hydrogens is 261 g/mol. The first-order valence-corrected chi connectivity index (χ1v) is 6.23. The number of hydrogen-bond donors (Lipinski definition) is 2. The Morgan fingerprint density at radius 2 is 2.00 bits per heavy atom. The predicted molar refractivity (Wildman–Crippen MR) is 70.7 cm³/mol. The molecule has 0 aliphatic carbocycles. The third-order valence-electron chi connectivity index (χ3n) is 2.74. The Morgan fingerprint density at radius 1 is 1.35 bits per heavy atom. The summed E-state index contributed by atoms with van der Waals surface area (Å²) in [4.78, 5) is 23.0. The highest BCUT2D eigenvalue weighted by molar-refractivity contribution is 5.87. The van der Waals surface area contributed by atoms with Gasteiger partial charge in [0, 0.05) is 6.42 Å². The van der Waals surface area contributed by atoms with Crippen LogP contribution >= 0.6 is 0 Å². The summed E-state index contributed by atoms with van der Waals surface area (Å²) in [5.74, 6) is -1.37. The summed E-state index contributed by atoms with van der Waals surface area (Å²) in [6, 6.07) is 6.72. The van der Waals surface area contributed by atoms with E-state index in [0.717, 1.165) is 0 Å². The van der Waals surface area contributed by atoms with Crippen LogP contribution in [0, 0.1) is 17.1 Å². The number of nitrogens with one attached hydrogen (secondary N) is 1. The van der Waals surface area contributed by atoms with E-state index in [4.69, 9.17) is 11.0 Å². The van der Waals surface area contributed by atoms with Crippen LogP contribution in [0.1, 0.15) is 24.8 Å². The standard InChI is InChI=1S/C14H16FN3O2/c15-11-6-4-10(5-7-11)9-13(19)18-12(14(17)20)3-1-2-8-16/h4-7,12H,1-3,9H2,(H2,17,20)(H,18,19)/t12-/m0/s1. The Kier molecular flexibility index (Phi) is 6.17. The molecule has 0 radical (unpaired) electrons. The maximum atomic E-state index is 12.7. The Balaban J connectivity index is 2.51. The van der Waals surface area contributed by atoms with E-state index in [1.165, 1.54) is 24.3 Å². The first-order chi connectivity index (χ1) is 9.52. The maximum Gasteiger partial charge on any atom is 0.240 e. The Hall–Kier alpha value is -2.42. The zero-order valence-electron chi connectivity index (χ0n) is 10.9. The Morgan fingerprint density at radius 3 is 2.55 bits per heavy atom. The fourth-order valence-corrected chi connectivity index (χ4v) is 1.70. The highest BCUT2D eigenvalue weighted by atomic mass is 19.1. The van der Waals surface area contributed by atoms with Gasteiger partial charge in [0.25, 0.3) is 0 Å². The summed E-state index contributed by atoms with van der Waals surface area (Å²) in [6.07, 6.45) is 1.17. The van der Waals surface area contributed by atoms with Gasteiger partial charge in [0.05, 0.1) is 12.5 Å². The molecule has 3 N–H and O–H groups in total. The van der Waals surface area contributed by atoms with Crippen LogP contribution in [0.5, 0.6) is 0 Å². The molecule has 5 nitrogen and oxygen atoms in total. The number of benzene rings is 1. The molecule has 1 atom stereocenters. The van der Waals surface area contributed by atoms with Crippen LogP contribution in [0.25, 0.3) is 0 Å². The number of rotatable bonds is 7. The van der Waals surface area contributed by atoms with E-state index in [-0.39, 0.29) is 18.1 Å². The topological polar surface area (TPSA) is 96.0 Å². The molecule has 0 heterocycles. The number of unbranched alkanes of at least 4 members (excludes halogenated alkanes) is 1. The van der Waals surface area contributed by atoms with Crippen LogP contribution in [0.4, 0.5) is 4.39 Å². The average Bonchev–Trinajstić information content (AvgIpc) is 2.40. The van der Waals surface area contributed by atoms with E-state index in [0.29, 0.717) is 24.8 Å². The molecule has 0 bridgehead atoms. The lowest BCUT2D eigenvalue weighted by Gasteiger charge is -2.14. The summed E-state index contributed by atoms with van der Waals surface area (Å²) in [5, 5.41) is 11.0. The van der Waals surface area contributed by atoms with Gasteiger partial charge in [0.1, 0.15) is 11.9 Å². The van der Waals surface area contributed by atoms with E-state index in [2.05, 4.69) is 5.32 Å². The molecule has 0 saturated heterocycles. The summed E-state index contributed by atoms with van der Waals surface area (Å²) in [7, 11) is 0. The van der Waals surface area contributed by atoms with E-state index in [9.17, 15) is 14.0 Å².